The van der Waals surface area contributed by atoms with E-state index in [-0.39, 0.29) is 24.1 Å². The van der Waals surface area contributed by atoms with E-state index < -0.39 is 5.54 Å². The molecule has 1 aromatic rings. The number of halogens is 2. The molecule has 0 unspecified atom stereocenters. The second kappa shape index (κ2) is 7.49. The number of amides is 1. The molecular formula is C13H17Cl2NO2. The highest BCUT2D eigenvalue weighted by Crippen LogP contribution is 2.10. The highest BCUT2D eigenvalue weighted by Gasteiger charge is 2.23. The first-order valence-corrected chi connectivity index (χ1v) is 6.77. The van der Waals surface area contributed by atoms with Crippen molar-refractivity contribution in [1.82, 2.24) is 5.32 Å². The molecule has 0 aliphatic heterocycles. The molecule has 1 rings (SSSR count). The molecule has 1 N–H and O–H groups in total. The lowest BCUT2D eigenvalue weighted by molar-refractivity contribution is -0.122. The molecule has 0 saturated carbocycles. The van der Waals surface area contributed by atoms with Gasteiger partial charge in [-0.15, -0.1) is 23.2 Å². The summed E-state index contributed by atoms with van der Waals surface area (Å²) in [6.45, 7) is 2.14. The quantitative estimate of drug-likeness (QED) is 0.784. The minimum absolute atomic E-state index is 0.116. The number of carbonyl (C=O) groups is 1. The Balaban J connectivity index is 2.30. The molecular weight excluding hydrogens is 273 g/mol. The summed E-state index contributed by atoms with van der Waals surface area (Å²) in [7, 11) is 0. The van der Waals surface area contributed by atoms with E-state index in [1.807, 2.05) is 37.3 Å². The molecule has 0 bridgehead atoms. The Hall–Kier alpha value is -0.930. The van der Waals surface area contributed by atoms with Crippen molar-refractivity contribution in [3.05, 3.63) is 30.3 Å². The third-order valence-electron chi connectivity index (χ3n) is 2.37. The number of nitrogens with one attached hydrogen (secondary N) is 1. The fraction of sp³-hybridized carbons (Fsp3) is 0.462. The number of benzene rings is 1. The van der Waals surface area contributed by atoms with Crippen LogP contribution in [0.4, 0.5) is 0 Å². The van der Waals surface area contributed by atoms with E-state index >= 15 is 0 Å². The maximum absolute atomic E-state index is 11.7. The van der Waals surface area contributed by atoms with Crippen molar-refractivity contribution in [3.8, 4) is 5.75 Å². The minimum atomic E-state index is -0.563. The summed E-state index contributed by atoms with van der Waals surface area (Å²) in [5, 5.41) is 2.80. The first-order chi connectivity index (χ1) is 8.59. The van der Waals surface area contributed by atoms with Gasteiger partial charge in [0.25, 0.3) is 0 Å². The van der Waals surface area contributed by atoms with E-state index in [9.17, 15) is 4.79 Å². The Bertz CT molecular complexity index is 367. The van der Waals surface area contributed by atoms with E-state index in [0.29, 0.717) is 6.61 Å². The van der Waals surface area contributed by atoms with Gasteiger partial charge in [0, 0.05) is 11.8 Å². The van der Waals surface area contributed by atoms with Gasteiger partial charge in [0.05, 0.1) is 18.6 Å². The maximum atomic E-state index is 11.7. The van der Waals surface area contributed by atoms with E-state index in [2.05, 4.69) is 5.32 Å². The van der Waals surface area contributed by atoms with Crippen LogP contribution in [-0.2, 0) is 4.79 Å². The normalized spacial score (nSPS) is 11.1. The Morgan fingerprint density at radius 1 is 1.28 bits per heavy atom. The SMILES string of the molecule is CC(CCl)(CCl)NC(=O)CCOc1ccccc1. The Morgan fingerprint density at radius 3 is 2.44 bits per heavy atom. The van der Waals surface area contributed by atoms with Gasteiger partial charge in [0.15, 0.2) is 0 Å². The van der Waals surface area contributed by atoms with Gasteiger partial charge in [-0.3, -0.25) is 4.79 Å². The molecule has 18 heavy (non-hydrogen) atoms. The van der Waals surface area contributed by atoms with Crippen molar-refractivity contribution in [2.24, 2.45) is 0 Å². The molecule has 0 saturated heterocycles. The first-order valence-electron chi connectivity index (χ1n) is 5.70. The van der Waals surface area contributed by atoms with Crippen LogP contribution in [0.5, 0.6) is 5.75 Å². The standard InChI is InChI=1S/C13H17Cl2NO2/c1-13(9-14,10-15)16-12(17)7-8-18-11-5-3-2-4-6-11/h2-6H,7-10H2,1H3,(H,16,17). The zero-order valence-electron chi connectivity index (χ0n) is 10.3. The Morgan fingerprint density at radius 2 is 1.89 bits per heavy atom. The molecule has 0 aromatic heterocycles. The molecule has 0 radical (unpaired) electrons. The van der Waals surface area contributed by atoms with Gasteiger partial charge in [-0.2, -0.15) is 0 Å². The lowest BCUT2D eigenvalue weighted by Gasteiger charge is -2.25. The average Bonchev–Trinajstić information content (AvgIpc) is 2.40. The van der Waals surface area contributed by atoms with Crippen molar-refractivity contribution in [2.75, 3.05) is 18.4 Å². The second-order valence-electron chi connectivity index (χ2n) is 4.29. The molecule has 0 aliphatic carbocycles. The van der Waals surface area contributed by atoms with Gasteiger partial charge in [-0.1, -0.05) is 18.2 Å². The van der Waals surface area contributed by atoms with Crippen LogP contribution in [0, 0.1) is 0 Å². The minimum Gasteiger partial charge on any atom is -0.493 e. The van der Waals surface area contributed by atoms with Crippen LogP contribution in [0.25, 0.3) is 0 Å². The third kappa shape index (κ3) is 5.15. The number of rotatable bonds is 7. The highest BCUT2D eigenvalue weighted by atomic mass is 35.5. The summed E-state index contributed by atoms with van der Waals surface area (Å²) in [4.78, 5) is 11.7. The Labute approximate surface area is 117 Å². The molecule has 0 atom stereocenters. The van der Waals surface area contributed by atoms with Crippen molar-refractivity contribution in [1.29, 1.82) is 0 Å². The molecule has 5 heteroatoms. The van der Waals surface area contributed by atoms with Gasteiger partial charge in [-0.25, -0.2) is 0 Å². The number of para-hydroxylation sites is 1. The molecule has 3 nitrogen and oxygen atoms in total. The summed E-state index contributed by atoms with van der Waals surface area (Å²) in [6, 6.07) is 9.37. The topological polar surface area (TPSA) is 38.3 Å². The second-order valence-corrected chi connectivity index (χ2v) is 4.82. The van der Waals surface area contributed by atoms with Crippen molar-refractivity contribution < 1.29 is 9.53 Å². The van der Waals surface area contributed by atoms with Crippen LogP contribution >= 0.6 is 23.2 Å². The predicted molar refractivity (Wildman–Crippen MR) is 74.5 cm³/mol. The number of carbonyl (C=O) groups excluding carboxylic acids is 1. The van der Waals surface area contributed by atoms with Gasteiger partial charge >= 0.3 is 0 Å². The lowest BCUT2D eigenvalue weighted by atomic mass is 10.1. The van der Waals surface area contributed by atoms with Crippen molar-refractivity contribution in [2.45, 2.75) is 18.9 Å². The third-order valence-corrected chi connectivity index (χ3v) is 3.55. The fourth-order valence-corrected chi connectivity index (χ4v) is 1.70. The molecule has 1 aromatic carbocycles. The van der Waals surface area contributed by atoms with Gasteiger partial charge in [0.1, 0.15) is 5.75 Å². The van der Waals surface area contributed by atoms with Crippen molar-refractivity contribution in [3.63, 3.8) is 0 Å². The highest BCUT2D eigenvalue weighted by molar-refractivity contribution is 6.22. The fourth-order valence-electron chi connectivity index (χ4n) is 1.28. The number of hydrogen-bond acceptors (Lipinski definition) is 2. The van der Waals surface area contributed by atoms with Gasteiger partial charge < -0.3 is 10.1 Å². The smallest absolute Gasteiger partial charge is 0.223 e. The largest absolute Gasteiger partial charge is 0.493 e. The van der Waals surface area contributed by atoms with E-state index in [1.165, 1.54) is 0 Å². The zero-order chi connectivity index (χ0) is 13.4. The number of ether oxygens (including phenoxy) is 1. The summed E-state index contributed by atoms with van der Waals surface area (Å²) < 4.78 is 5.43. The van der Waals surface area contributed by atoms with Crippen LogP contribution in [0.3, 0.4) is 0 Å². The van der Waals surface area contributed by atoms with E-state index in [1.54, 1.807) is 0 Å². The van der Waals surface area contributed by atoms with E-state index in [0.717, 1.165) is 5.75 Å². The molecule has 100 valence electrons. The molecule has 0 fully saturated rings. The number of hydrogen-bond donors (Lipinski definition) is 1. The summed E-state index contributed by atoms with van der Waals surface area (Å²) >= 11 is 11.5. The lowest BCUT2D eigenvalue weighted by Crippen LogP contribution is -2.49. The average molecular weight is 290 g/mol. The van der Waals surface area contributed by atoms with Gasteiger partial charge in [0.2, 0.25) is 5.91 Å². The number of alkyl halides is 2. The van der Waals surface area contributed by atoms with Crippen LogP contribution in [-0.4, -0.2) is 29.8 Å². The zero-order valence-corrected chi connectivity index (χ0v) is 11.8. The first kappa shape index (κ1) is 15.1. The predicted octanol–water partition coefficient (Wildman–Crippen LogP) is 2.81. The molecule has 0 heterocycles. The summed E-state index contributed by atoms with van der Waals surface area (Å²) in [5.74, 6) is 1.20. The summed E-state index contributed by atoms with van der Waals surface area (Å²) in [5.41, 5.74) is -0.563. The van der Waals surface area contributed by atoms with Crippen LogP contribution in [0.2, 0.25) is 0 Å². The molecule has 0 spiro atoms. The van der Waals surface area contributed by atoms with Crippen LogP contribution in [0.1, 0.15) is 13.3 Å². The Kier molecular flexibility index (Phi) is 6.30. The molecule has 1 amide bonds. The van der Waals surface area contributed by atoms with Crippen LogP contribution in [0.15, 0.2) is 30.3 Å². The summed E-state index contributed by atoms with van der Waals surface area (Å²) in [6.07, 6.45) is 0.276. The van der Waals surface area contributed by atoms with Crippen LogP contribution < -0.4 is 10.1 Å². The monoisotopic (exact) mass is 289 g/mol. The van der Waals surface area contributed by atoms with E-state index in [4.69, 9.17) is 27.9 Å². The maximum Gasteiger partial charge on any atom is 0.223 e. The van der Waals surface area contributed by atoms with Gasteiger partial charge in [-0.05, 0) is 19.1 Å². The molecule has 0 aliphatic rings. The van der Waals surface area contributed by atoms with Crippen molar-refractivity contribution >= 4 is 29.1 Å².